The standard InChI is InChI=1S/C23H26N4O5/c1-30-19-12-16(13-20(31-2)21(19)32-3)23(29)27-8-4-7-26(9-10-27)22(28)15-5-6-17-18(11-15)25-14-24-17/h5-6,11-14H,4,7-10H2,1-3H3,(H,24,25). The fraction of sp³-hybridized carbons (Fsp3) is 0.348. The molecule has 1 fully saturated rings. The van der Waals surface area contributed by atoms with Crippen LogP contribution >= 0.6 is 0 Å². The second-order valence-electron chi connectivity index (χ2n) is 7.49. The van der Waals surface area contributed by atoms with E-state index in [2.05, 4.69) is 9.97 Å². The highest BCUT2D eigenvalue weighted by molar-refractivity contribution is 5.98. The molecule has 0 spiro atoms. The fourth-order valence-corrected chi connectivity index (χ4v) is 3.96. The predicted molar refractivity (Wildman–Crippen MR) is 119 cm³/mol. The van der Waals surface area contributed by atoms with Gasteiger partial charge in [-0.05, 0) is 36.8 Å². The van der Waals surface area contributed by atoms with E-state index in [1.165, 1.54) is 21.3 Å². The van der Waals surface area contributed by atoms with Gasteiger partial charge in [0, 0.05) is 37.3 Å². The summed E-state index contributed by atoms with van der Waals surface area (Å²) in [6.07, 6.45) is 2.30. The number of aromatic nitrogens is 2. The number of ether oxygens (including phenoxy) is 3. The zero-order chi connectivity index (χ0) is 22.7. The van der Waals surface area contributed by atoms with E-state index >= 15 is 0 Å². The van der Waals surface area contributed by atoms with Gasteiger partial charge in [0.2, 0.25) is 5.75 Å². The van der Waals surface area contributed by atoms with Crippen molar-refractivity contribution in [2.45, 2.75) is 6.42 Å². The van der Waals surface area contributed by atoms with E-state index < -0.39 is 0 Å². The van der Waals surface area contributed by atoms with Crippen molar-refractivity contribution in [2.24, 2.45) is 0 Å². The number of carbonyl (C=O) groups is 2. The number of H-pyrrole nitrogens is 1. The number of nitrogens with zero attached hydrogens (tertiary/aromatic N) is 3. The van der Waals surface area contributed by atoms with Crippen LogP contribution in [0, 0.1) is 0 Å². The molecule has 9 nitrogen and oxygen atoms in total. The molecule has 0 atom stereocenters. The van der Waals surface area contributed by atoms with Crippen LogP contribution < -0.4 is 14.2 Å². The average Bonchev–Trinajstić information content (AvgIpc) is 3.16. The first-order valence-corrected chi connectivity index (χ1v) is 10.4. The lowest BCUT2D eigenvalue weighted by Crippen LogP contribution is -2.37. The number of benzene rings is 2. The second kappa shape index (κ2) is 9.17. The molecule has 9 heteroatoms. The predicted octanol–water partition coefficient (Wildman–Crippen LogP) is 2.58. The molecule has 0 radical (unpaired) electrons. The maximum absolute atomic E-state index is 13.2. The van der Waals surface area contributed by atoms with Crippen LogP contribution in [0.4, 0.5) is 0 Å². The molecule has 0 saturated carbocycles. The van der Waals surface area contributed by atoms with Gasteiger partial charge in [-0.15, -0.1) is 0 Å². The Kier molecular flexibility index (Phi) is 6.16. The van der Waals surface area contributed by atoms with Crippen molar-refractivity contribution in [1.29, 1.82) is 0 Å². The summed E-state index contributed by atoms with van der Waals surface area (Å²) in [4.78, 5) is 37.0. The smallest absolute Gasteiger partial charge is 0.254 e. The topological polar surface area (TPSA) is 97.0 Å². The van der Waals surface area contributed by atoms with E-state index in [1.54, 1.807) is 34.3 Å². The number of nitrogens with one attached hydrogen (secondary N) is 1. The highest BCUT2D eigenvalue weighted by Gasteiger charge is 2.25. The van der Waals surface area contributed by atoms with Gasteiger partial charge in [0.15, 0.2) is 11.5 Å². The third kappa shape index (κ3) is 4.05. The van der Waals surface area contributed by atoms with Crippen LogP contribution in [-0.2, 0) is 0 Å². The summed E-state index contributed by atoms with van der Waals surface area (Å²) in [6.45, 7) is 2.03. The van der Waals surface area contributed by atoms with Gasteiger partial charge in [0.05, 0.1) is 38.7 Å². The Morgan fingerprint density at radius 1 is 0.844 bits per heavy atom. The lowest BCUT2D eigenvalue weighted by Gasteiger charge is -2.23. The Balaban J connectivity index is 1.49. The third-order valence-corrected chi connectivity index (χ3v) is 5.65. The molecule has 32 heavy (non-hydrogen) atoms. The van der Waals surface area contributed by atoms with Gasteiger partial charge in [-0.2, -0.15) is 0 Å². The van der Waals surface area contributed by atoms with Crippen LogP contribution in [0.2, 0.25) is 0 Å². The molecule has 1 N–H and O–H groups in total. The molecule has 1 aliphatic heterocycles. The van der Waals surface area contributed by atoms with E-state index in [0.29, 0.717) is 61.0 Å². The second-order valence-corrected chi connectivity index (χ2v) is 7.49. The van der Waals surface area contributed by atoms with Crippen molar-refractivity contribution < 1.29 is 23.8 Å². The molecular formula is C23H26N4O5. The van der Waals surface area contributed by atoms with Crippen LogP contribution in [0.15, 0.2) is 36.7 Å². The molecule has 2 heterocycles. The van der Waals surface area contributed by atoms with Crippen molar-refractivity contribution in [3.8, 4) is 17.2 Å². The Bertz CT molecular complexity index is 1120. The Morgan fingerprint density at radius 3 is 2.06 bits per heavy atom. The highest BCUT2D eigenvalue weighted by Crippen LogP contribution is 2.38. The van der Waals surface area contributed by atoms with Crippen LogP contribution in [0.5, 0.6) is 17.2 Å². The van der Waals surface area contributed by atoms with Crippen LogP contribution in [0.3, 0.4) is 0 Å². The van der Waals surface area contributed by atoms with Crippen molar-refractivity contribution >= 4 is 22.8 Å². The van der Waals surface area contributed by atoms with Crippen molar-refractivity contribution in [3.05, 3.63) is 47.8 Å². The first-order valence-electron chi connectivity index (χ1n) is 10.4. The van der Waals surface area contributed by atoms with E-state index in [4.69, 9.17) is 14.2 Å². The number of carbonyl (C=O) groups excluding carboxylic acids is 2. The first kappa shape index (κ1) is 21.5. The normalized spacial score (nSPS) is 14.2. The number of fused-ring (bicyclic) bond motifs is 1. The van der Waals surface area contributed by atoms with Crippen LogP contribution in [0.25, 0.3) is 11.0 Å². The van der Waals surface area contributed by atoms with Crippen molar-refractivity contribution in [3.63, 3.8) is 0 Å². The highest BCUT2D eigenvalue weighted by atomic mass is 16.5. The summed E-state index contributed by atoms with van der Waals surface area (Å²) in [5.74, 6) is 1.10. The summed E-state index contributed by atoms with van der Waals surface area (Å²) in [5.41, 5.74) is 2.69. The van der Waals surface area contributed by atoms with Gasteiger partial charge in [-0.25, -0.2) is 4.98 Å². The molecule has 1 saturated heterocycles. The molecule has 3 aromatic rings. The first-order chi connectivity index (χ1) is 15.5. The number of hydrogen-bond donors (Lipinski definition) is 1. The van der Waals surface area contributed by atoms with Crippen molar-refractivity contribution in [2.75, 3.05) is 47.5 Å². The number of aromatic amines is 1. The molecular weight excluding hydrogens is 412 g/mol. The zero-order valence-corrected chi connectivity index (χ0v) is 18.4. The minimum atomic E-state index is -0.141. The SMILES string of the molecule is COc1cc(C(=O)N2CCCN(C(=O)c3ccc4nc[nH]c4c3)CC2)cc(OC)c1OC. The number of hydrogen-bond acceptors (Lipinski definition) is 6. The maximum atomic E-state index is 13.2. The summed E-state index contributed by atoms with van der Waals surface area (Å²) in [6, 6.07) is 8.73. The maximum Gasteiger partial charge on any atom is 0.254 e. The van der Waals surface area contributed by atoms with Crippen LogP contribution in [0.1, 0.15) is 27.1 Å². The molecule has 4 rings (SSSR count). The fourth-order valence-electron chi connectivity index (χ4n) is 3.96. The zero-order valence-electron chi connectivity index (χ0n) is 18.4. The largest absolute Gasteiger partial charge is 0.493 e. The van der Waals surface area contributed by atoms with Gasteiger partial charge < -0.3 is 29.0 Å². The molecule has 2 aromatic carbocycles. The monoisotopic (exact) mass is 438 g/mol. The summed E-state index contributed by atoms with van der Waals surface area (Å²) in [5, 5.41) is 0. The molecule has 1 aliphatic rings. The van der Waals surface area contributed by atoms with E-state index in [9.17, 15) is 9.59 Å². The average molecular weight is 438 g/mol. The van der Waals surface area contributed by atoms with Crippen molar-refractivity contribution in [1.82, 2.24) is 19.8 Å². The number of amides is 2. The van der Waals surface area contributed by atoms with Crippen LogP contribution in [-0.4, -0.2) is 79.1 Å². The Morgan fingerprint density at radius 2 is 1.47 bits per heavy atom. The minimum Gasteiger partial charge on any atom is -0.493 e. The minimum absolute atomic E-state index is 0.0522. The number of methoxy groups -OCH3 is 3. The lowest BCUT2D eigenvalue weighted by molar-refractivity contribution is 0.0718. The molecule has 0 bridgehead atoms. The molecule has 0 unspecified atom stereocenters. The summed E-state index contributed by atoms with van der Waals surface area (Å²) in [7, 11) is 4.55. The van der Waals surface area contributed by atoms with Gasteiger partial charge in [-0.1, -0.05) is 0 Å². The van der Waals surface area contributed by atoms with Gasteiger partial charge in [0.1, 0.15) is 0 Å². The number of rotatable bonds is 5. The summed E-state index contributed by atoms with van der Waals surface area (Å²) < 4.78 is 16.1. The van der Waals surface area contributed by atoms with Gasteiger partial charge in [-0.3, -0.25) is 9.59 Å². The van der Waals surface area contributed by atoms with E-state index in [0.717, 1.165) is 11.0 Å². The summed E-state index contributed by atoms with van der Waals surface area (Å²) >= 11 is 0. The number of imidazole rings is 1. The molecule has 0 aliphatic carbocycles. The quantitative estimate of drug-likeness (QED) is 0.658. The van der Waals surface area contributed by atoms with E-state index in [-0.39, 0.29) is 11.8 Å². The lowest BCUT2D eigenvalue weighted by atomic mass is 10.1. The molecule has 1 aromatic heterocycles. The molecule has 168 valence electrons. The molecule has 2 amide bonds. The Labute approximate surface area is 185 Å². The van der Waals surface area contributed by atoms with Gasteiger partial charge >= 0.3 is 0 Å². The van der Waals surface area contributed by atoms with Gasteiger partial charge in [0.25, 0.3) is 11.8 Å². The van der Waals surface area contributed by atoms with E-state index in [1.807, 2.05) is 12.1 Å². The Hall–Kier alpha value is -3.75. The third-order valence-electron chi connectivity index (χ3n) is 5.65.